The van der Waals surface area contributed by atoms with Crippen LogP contribution in [0.4, 0.5) is 5.69 Å². The first kappa shape index (κ1) is 20.6. The highest BCUT2D eigenvalue weighted by molar-refractivity contribution is 7.91. The standard InChI is InChI=1S/C22H25N3O4S/c23-22(27)20-12-16-6-4-5-7-17(16)13-24(20)14-21(26)25(18-8-2-1-3-9-18)19-10-11-30(28,29)15-19/h1-9,19-20H,10-15H2,(H2,23,27)/t19?,20-/m0/s1. The van der Waals surface area contributed by atoms with E-state index in [1.807, 2.05) is 42.5 Å². The van der Waals surface area contributed by atoms with Crippen LogP contribution in [0, 0.1) is 0 Å². The monoisotopic (exact) mass is 427 g/mol. The molecule has 4 rings (SSSR count). The molecular formula is C22H25N3O4S. The fraction of sp³-hybridized carbons (Fsp3) is 0.364. The molecule has 2 aromatic rings. The van der Waals surface area contributed by atoms with Gasteiger partial charge in [0, 0.05) is 12.2 Å². The van der Waals surface area contributed by atoms with Crippen molar-refractivity contribution in [2.45, 2.75) is 31.5 Å². The van der Waals surface area contributed by atoms with Crippen molar-refractivity contribution in [2.75, 3.05) is 23.0 Å². The lowest BCUT2D eigenvalue weighted by molar-refractivity contribution is -0.126. The zero-order valence-electron chi connectivity index (χ0n) is 16.6. The Labute approximate surface area is 176 Å². The average molecular weight is 428 g/mol. The van der Waals surface area contributed by atoms with Crippen molar-refractivity contribution in [1.82, 2.24) is 4.90 Å². The maximum absolute atomic E-state index is 13.4. The summed E-state index contributed by atoms with van der Waals surface area (Å²) in [6.45, 7) is 0.439. The molecule has 0 aromatic heterocycles. The maximum Gasteiger partial charge on any atom is 0.241 e. The lowest BCUT2D eigenvalue weighted by Gasteiger charge is -2.37. The third-order valence-electron chi connectivity index (χ3n) is 5.89. The Hall–Kier alpha value is -2.71. The summed E-state index contributed by atoms with van der Waals surface area (Å²) in [4.78, 5) is 28.9. The second-order valence-corrected chi connectivity index (χ2v) is 10.2. The second kappa shape index (κ2) is 8.20. The smallest absolute Gasteiger partial charge is 0.241 e. The van der Waals surface area contributed by atoms with Crippen LogP contribution in [0.25, 0.3) is 0 Å². The van der Waals surface area contributed by atoms with Gasteiger partial charge >= 0.3 is 0 Å². The van der Waals surface area contributed by atoms with Gasteiger partial charge in [0.05, 0.1) is 30.1 Å². The van der Waals surface area contributed by atoms with E-state index < -0.39 is 27.8 Å². The van der Waals surface area contributed by atoms with Crippen LogP contribution >= 0.6 is 0 Å². The van der Waals surface area contributed by atoms with E-state index in [1.165, 1.54) is 0 Å². The fourth-order valence-corrected chi connectivity index (χ4v) is 6.10. The molecule has 2 aliphatic rings. The number of fused-ring (bicyclic) bond motifs is 1. The zero-order chi connectivity index (χ0) is 21.3. The minimum absolute atomic E-state index is 0.00656. The van der Waals surface area contributed by atoms with Gasteiger partial charge in [-0.2, -0.15) is 0 Å². The fourth-order valence-electron chi connectivity index (χ4n) is 4.40. The number of primary amides is 1. The highest BCUT2D eigenvalue weighted by Gasteiger charge is 2.38. The number of hydrogen-bond donors (Lipinski definition) is 1. The molecule has 2 N–H and O–H groups in total. The molecule has 7 nitrogen and oxygen atoms in total. The number of carbonyl (C=O) groups is 2. The summed E-state index contributed by atoms with van der Waals surface area (Å²) >= 11 is 0. The molecule has 2 aromatic carbocycles. The van der Waals surface area contributed by atoms with Gasteiger partial charge in [0.2, 0.25) is 11.8 Å². The summed E-state index contributed by atoms with van der Waals surface area (Å²) in [7, 11) is -3.16. The summed E-state index contributed by atoms with van der Waals surface area (Å²) in [5, 5.41) is 0. The average Bonchev–Trinajstić information content (AvgIpc) is 3.07. The third kappa shape index (κ3) is 4.24. The second-order valence-electron chi connectivity index (χ2n) is 7.95. The number of nitrogens with two attached hydrogens (primary N) is 1. The van der Waals surface area contributed by atoms with Crippen LogP contribution in [0.5, 0.6) is 0 Å². The van der Waals surface area contributed by atoms with Crippen LogP contribution in [0.15, 0.2) is 54.6 Å². The van der Waals surface area contributed by atoms with E-state index in [1.54, 1.807) is 21.9 Å². The summed E-state index contributed by atoms with van der Waals surface area (Å²) in [6, 6.07) is 15.9. The molecule has 0 saturated carbocycles. The maximum atomic E-state index is 13.4. The number of amides is 2. The van der Waals surface area contributed by atoms with Gasteiger partial charge in [0.15, 0.2) is 9.84 Å². The molecule has 2 heterocycles. The third-order valence-corrected chi connectivity index (χ3v) is 7.64. The largest absolute Gasteiger partial charge is 0.368 e. The zero-order valence-corrected chi connectivity index (χ0v) is 17.4. The van der Waals surface area contributed by atoms with Crippen molar-refractivity contribution >= 4 is 27.3 Å². The minimum atomic E-state index is -3.16. The Morgan fingerprint density at radius 2 is 1.70 bits per heavy atom. The van der Waals surface area contributed by atoms with E-state index in [2.05, 4.69) is 0 Å². The Kier molecular flexibility index (Phi) is 5.62. The minimum Gasteiger partial charge on any atom is -0.368 e. The van der Waals surface area contributed by atoms with Gasteiger partial charge in [-0.05, 0) is 36.1 Å². The lowest BCUT2D eigenvalue weighted by atomic mass is 9.93. The van der Waals surface area contributed by atoms with Crippen LogP contribution in [-0.4, -0.2) is 55.3 Å². The molecular weight excluding hydrogens is 402 g/mol. The predicted molar refractivity (Wildman–Crippen MR) is 115 cm³/mol. The van der Waals surface area contributed by atoms with Crippen LogP contribution < -0.4 is 10.6 Å². The van der Waals surface area contributed by atoms with Crippen molar-refractivity contribution in [3.8, 4) is 0 Å². The molecule has 1 unspecified atom stereocenters. The van der Waals surface area contributed by atoms with E-state index >= 15 is 0 Å². The number of rotatable bonds is 5. The molecule has 2 aliphatic heterocycles. The number of sulfone groups is 1. The molecule has 158 valence electrons. The summed E-state index contributed by atoms with van der Waals surface area (Å²) < 4.78 is 24.1. The quantitative estimate of drug-likeness (QED) is 0.771. The van der Waals surface area contributed by atoms with Gasteiger partial charge in [-0.1, -0.05) is 42.5 Å². The van der Waals surface area contributed by atoms with Gasteiger partial charge in [0.25, 0.3) is 0 Å². The normalized spacial score (nSPS) is 22.9. The van der Waals surface area contributed by atoms with Crippen molar-refractivity contribution in [3.05, 3.63) is 65.7 Å². The van der Waals surface area contributed by atoms with E-state index in [4.69, 9.17) is 5.73 Å². The van der Waals surface area contributed by atoms with Crippen LogP contribution in [0.3, 0.4) is 0 Å². The van der Waals surface area contributed by atoms with Crippen molar-refractivity contribution < 1.29 is 18.0 Å². The van der Waals surface area contributed by atoms with Crippen LogP contribution in [0.1, 0.15) is 17.5 Å². The van der Waals surface area contributed by atoms with Gasteiger partial charge in [-0.25, -0.2) is 8.42 Å². The SMILES string of the molecule is NC(=O)[C@@H]1Cc2ccccc2CN1CC(=O)N(c1ccccc1)C1CCS(=O)(=O)C1. The van der Waals surface area contributed by atoms with E-state index in [0.29, 0.717) is 25.1 Å². The first-order valence-corrected chi connectivity index (χ1v) is 11.8. The Balaban J connectivity index is 1.61. The van der Waals surface area contributed by atoms with Crippen molar-refractivity contribution in [3.63, 3.8) is 0 Å². The molecule has 0 bridgehead atoms. The topological polar surface area (TPSA) is 101 Å². The summed E-state index contributed by atoms with van der Waals surface area (Å²) in [6.07, 6.45) is 0.868. The Morgan fingerprint density at radius 3 is 2.33 bits per heavy atom. The molecule has 8 heteroatoms. The highest BCUT2D eigenvalue weighted by atomic mass is 32.2. The molecule has 1 fully saturated rings. The lowest BCUT2D eigenvalue weighted by Crippen LogP contribution is -2.53. The molecule has 0 spiro atoms. The highest BCUT2D eigenvalue weighted by Crippen LogP contribution is 2.27. The number of para-hydroxylation sites is 1. The van der Waals surface area contributed by atoms with E-state index in [0.717, 1.165) is 11.1 Å². The van der Waals surface area contributed by atoms with Gasteiger partial charge in [-0.3, -0.25) is 14.5 Å². The van der Waals surface area contributed by atoms with E-state index in [-0.39, 0.29) is 24.0 Å². The molecule has 0 radical (unpaired) electrons. The number of benzene rings is 2. The molecule has 0 aliphatic carbocycles. The van der Waals surface area contributed by atoms with Crippen molar-refractivity contribution in [2.24, 2.45) is 5.73 Å². The number of nitrogens with zero attached hydrogens (tertiary/aromatic N) is 2. The predicted octanol–water partition coefficient (Wildman–Crippen LogP) is 1.12. The van der Waals surface area contributed by atoms with Crippen LogP contribution in [0.2, 0.25) is 0 Å². The summed E-state index contributed by atoms with van der Waals surface area (Å²) in [5.41, 5.74) is 8.44. The van der Waals surface area contributed by atoms with Crippen LogP contribution in [-0.2, 0) is 32.4 Å². The first-order chi connectivity index (χ1) is 14.3. The van der Waals surface area contributed by atoms with Gasteiger partial charge < -0.3 is 10.6 Å². The summed E-state index contributed by atoms with van der Waals surface area (Å²) in [5.74, 6) is -0.661. The Bertz CT molecular complexity index is 1060. The molecule has 30 heavy (non-hydrogen) atoms. The Morgan fingerprint density at radius 1 is 1.03 bits per heavy atom. The van der Waals surface area contributed by atoms with Crippen molar-refractivity contribution in [1.29, 1.82) is 0 Å². The number of carbonyl (C=O) groups excluding carboxylic acids is 2. The molecule has 2 amide bonds. The number of hydrogen-bond acceptors (Lipinski definition) is 5. The van der Waals surface area contributed by atoms with E-state index in [9.17, 15) is 18.0 Å². The number of anilines is 1. The van der Waals surface area contributed by atoms with Gasteiger partial charge in [0.1, 0.15) is 0 Å². The molecule has 1 saturated heterocycles. The molecule has 2 atom stereocenters. The van der Waals surface area contributed by atoms with Gasteiger partial charge in [-0.15, -0.1) is 0 Å². The first-order valence-electron chi connectivity index (χ1n) is 10.0.